The molecule has 152 valence electrons. The van der Waals surface area contributed by atoms with Crippen LogP contribution in [0.15, 0.2) is 66.7 Å². The maximum atomic E-state index is 10.9. The molecule has 0 saturated carbocycles. The summed E-state index contributed by atoms with van der Waals surface area (Å²) in [5.74, 6) is 0.260. The minimum Gasteiger partial charge on any atom is -0.489 e. The van der Waals surface area contributed by atoms with Gasteiger partial charge in [0.2, 0.25) is 0 Å². The molecule has 4 rings (SSSR count). The zero-order valence-electron chi connectivity index (χ0n) is 16.8. The summed E-state index contributed by atoms with van der Waals surface area (Å²) in [6.45, 7) is 2.34. The number of hydrogen-bond acceptors (Lipinski definition) is 4. The summed E-state index contributed by atoms with van der Waals surface area (Å²) < 4.78 is 5.76. The highest BCUT2D eigenvalue weighted by Crippen LogP contribution is 2.22. The third-order valence-electron chi connectivity index (χ3n) is 4.81. The van der Waals surface area contributed by atoms with Crippen molar-refractivity contribution in [3.8, 4) is 11.8 Å². The number of imidazole rings is 1. The Bertz CT molecular complexity index is 1310. The Labute approximate surface area is 179 Å². The number of aromatic carboxylic acids is 1. The van der Waals surface area contributed by atoms with Gasteiger partial charge in [0.1, 0.15) is 24.3 Å². The van der Waals surface area contributed by atoms with Crippen molar-refractivity contribution in [1.29, 1.82) is 5.26 Å². The number of aromatic nitrogens is 2. The third kappa shape index (κ3) is 4.62. The van der Waals surface area contributed by atoms with E-state index >= 15 is 0 Å². The van der Waals surface area contributed by atoms with E-state index in [0.29, 0.717) is 23.8 Å². The highest BCUT2D eigenvalue weighted by atomic mass is 16.5. The fourth-order valence-electron chi connectivity index (χ4n) is 3.14. The van der Waals surface area contributed by atoms with Crippen LogP contribution in [0.1, 0.15) is 32.9 Å². The molecule has 2 N–H and O–H groups in total. The van der Waals surface area contributed by atoms with Gasteiger partial charge in [-0.15, -0.1) is 0 Å². The molecule has 1 heterocycles. The molecule has 0 fully saturated rings. The van der Waals surface area contributed by atoms with Crippen molar-refractivity contribution < 1.29 is 14.6 Å². The van der Waals surface area contributed by atoms with Gasteiger partial charge in [0.15, 0.2) is 0 Å². The molecule has 3 aromatic carbocycles. The van der Waals surface area contributed by atoms with Crippen LogP contribution >= 0.6 is 0 Å². The quantitative estimate of drug-likeness (QED) is 0.426. The Hall–Kier alpha value is -4.37. The van der Waals surface area contributed by atoms with Gasteiger partial charge in [0.05, 0.1) is 22.2 Å². The number of hydrogen-bond donors (Lipinski definition) is 2. The monoisotopic (exact) mass is 409 g/mol. The average molecular weight is 409 g/mol. The number of nitriles is 1. The van der Waals surface area contributed by atoms with Crippen LogP contribution in [0.2, 0.25) is 0 Å². The molecule has 0 amide bonds. The second-order valence-corrected chi connectivity index (χ2v) is 7.14. The van der Waals surface area contributed by atoms with Crippen molar-refractivity contribution in [3.05, 3.63) is 94.8 Å². The number of nitrogens with one attached hydrogen (secondary N) is 1. The highest BCUT2D eigenvalue weighted by molar-refractivity contribution is 5.90. The number of benzene rings is 3. The molecule has 0 aliphatic carbocycles. The lowest BCUT2D eigenvalue weighted by molar-refractivity contribution is 0.0697. The van der Waals surface area contributed by atoms with Crippen LogP contribution in [-0.4, -0.2) is 21.0 Å². The maximum Gasteiger partial charge on any atom is 0.335 e. The molecule has 0 spiro atoms. The zero-order chi connectivity index (χ0) is 21.8. The second-order valence-electron chi connectivity index (χ2n) is 7.14. The normalized spacial score (nSPS) is 11.3. The molecule has 0 aliphatic heterocycles. The van der Waals surface area contributed by atoms with Crippen LogP contribution in [0.25, 0.3) is 22.7 Å². The average Bonchev–Trinajstić information content (AvgIpc) is 3.20. The van der Waals surface area contributed by atoms with Crippen LogP contribution in [0.4, 0.5) is 0 Å². The second kappa shape index (κ2) is 8.56. The first kappa shape index (κ1) is 19.9. The molecule has 0 unspecified atom stereocenters. The number of carbonyl (C=O) groups is 1. The van der Waals surface area contributed by atoms with Crippen molar-refractivity contribution in [2.24, 2.45) is 0 Å². The van der Waals surface area contributed by atoms with Crippen LogP contribution < -0.4 is 4.74 Å². The summed E-state index contributed by atoms with van der Waals surface area (Å²) in [7, 11) is 0. The van der Waals surface area contributed by atoms with Crippen LogP contribution in [0.5, 0.6) is 5.75 Å². The van der Waals surface area contributed by atoms with E-state index in [9.17, 15) is 10.1 Å². The number of aryl methyl sites for hydroxylation is 1. The molecule has 0 bridgehead atoms. The van der Waals surface area contributed by atoms with Gasteiger partial charge in [-0.2, -0.15) is 5.26 Å². The van der Waals surface area contributed by atoms with Gasteiger partial charge in [-0.25, -0.2) is 9.78 Å². The fourth-order valence-corrected chi connectivity index (χ4v) is 3.14. The molecule has 0 saturated heterocycles. The van der Waals surface area contributed by atoms with Crippen LogP contribution in [0, 0.1) is 18.3 Å². The minimum absolute atomic E-state index is 0.243. The molecule has 6 nitrogen and oxygen atoms in total. The molecule has 0 radical (unpaired) electrons. The van der Waals surface area contributed by atoms with Gasteiger partial charge < -0.3 is 14.8 Å². The fraction of sp³-hybridized carbons (Fsp3) is 0.0800. The van der Waals surface area contributed by atoms with E-state index in [0.717, 1.165) is 27.7 Å². The summed E-state index contributed by atoms with van der Waals surface area (Å²) in [5.41, 5.74) is 5.26. The Morgan fingerprint density at radius 3 is 2.55 bits per heavy atom. The smallest absolute Gasteiger partial charge is 0.335 e. The number of fused-ring (bicyclic) bond motifs is 1. The Morgan fingerprint density at radius 2 is 1.87 bits per heavy atom. The highest BCUT2D eigenvalue weighted by Gasteiger charge is 2.08. The van der Waals surface area contributed by atoms with Crippen molar-refractivity contribution in [2.75, 3.05) is 0 Å². The Balaban J connectivity index is 1.46. The summed E-state index contributed by atoms with van der Waals surface area (Å²) in [5, 5.41) is 18.5. The minimum atomic E-state index is -0.953. The topological polar surface area (TPSA) is 99.0 Å². The number of ether oxygens (including phenoxy) is 1. The van der Waals surface area contributed by atoms with E-state index in [1.54, 1.807) is 30.3 Å². The van der Waals surface area contributed by atoms with Gasteiger partial charge in [0, 0.05) is 0 Å². The predicted octanol–water partition coefficient (Wildman–Crippen LogP) is 5.21. The van der Waals surface area contributed by atoms with Crippen molar-refractivity contribution in [2.45, 2.75) is 13.5 Å². The van der Waals surface area contributed by atoms with E-state index in [4.69, 9.17) is 9.84 Å². The first-order valence-electron chi connectivity index (χ1n) is 9.65. The number of aromatic amines is 1. The molecule has 4 aromatic rings. The van der Waals surface area contributed by atoms with Gasteiger partial charge in [-0.1, -0.05) is 30.3 Å². The third-order valence-corrected chi connectivity index (χ3v) is 4.81. The molecule has 0 aliphatic rings. The van der Waals surface area contributed by atoms with Crippen LogP contribution in [-0.2, 0) is 6.61 Å². The van der Waals surface area contributed by atoms with E-state index < -0.39 is 5.97 Å². The standard InChI is InChI=1S/C25H19N3O3/c1-16-2-11-22-23(12-16)28-24(27-22)20(14-26)13-17-5-9-21(10-6-17)31-15-18-3-7-19(8-4-18)25(29)30/h2-13H,15H2,1H3,(H,27,28)(H,29,30)/b20-13-. The SMILES string of the molecule is Cc1ccc2nc(/C(C#N)=C\c3ccc(OCc4ccc(C(=O)O)cc4)cc3)[nH]c2c1. The summed E-state index contributed by atoms with van der Waals surface area (Å²) in [6.07, 6.45) is 1.78. The number of rotatable bonds is 6. The van der Waals surface area contributed by atoms with Crippen molar-refractivity contribution >= 4 is 28.7 Å². The number of carboxylic acid groups (broad SMARTS) is 1. The number of allylic oxidation sites excluding steroid dienone is 1. The number of H-pyrrole nitrogens is 1. The van der Waals surface area contributed by atoms with Gasteiger partial charge >= 0.3 is 5.97 Å². The molecular weight excluding hydrogens is 390 g/mol. The summed E-state index contributed by atoms with van der Waals surface area (Å²) >= 11 is 0. The lowest BCUT2D eigenvalue weighted by Gasteiger charge is -2.07. The Kier molecular flexibility index (Phi) is 5.50. The molecule has 1 aromatic heterocycles. The van der Waals surface area contributed by atoms with E-state index in [1.807, 2.05) is 49.4 Å². The van der Waals surface area contributed by atoms with E-state index in [1.165, 1.54) is 0 Å². The summed E-state index contributed by atoms with van der Waals surface area (Å²) in [4.78, 5) is 18.6. The maximum absolute atomic E-state index is 10.9. The first-order valence-corrected chi connectivity index (χ1v) is 9.65. The number of nitrogens with zero attached hydrogens (tertiary/aromatic N) is 2. The molecule has 6 heteroatoms. The lowest BCUT2D eigenvalue weighted by atomic mass is 10.1. The van der Waals surface area contributed by atoms with Crippen molar-refractivity contribution in [1.82, 2.24) is 9.97 Å². The first-order chi connectivity index (χ1) is 15.0. The van der Waals surface area contributed by atoms with Gasteiger partial charge in [0.25, 0.3) is 0 Å². The van der Waals surface area contributed by atoms with E-state index in [-0.39, 0.29) is 5.56 Å². The summed E-state index contributed by atoms with van der Waals surface area (Å²) in [6, 6.07) is 22.1. The zero-order valence-corrected chi connectivity index (χ0v) is 16.8. The molecule has 0 atom stereocenters. The van der Waals surface area contributed by atoms with E-state index in [2.05, 4.69) is 16.0 Å². The van der Waals surface area contributed by atoms with Gasteiger partial charge in [-0.3, -0.25) is 0 Å². The molecular formula is C25H19N3O3. The Morgan fingerprint density at radius 1 is 1.13 bits per heavy atom. The lowest BCUT2D eigenvalue weighted by Crippen LogP contribution is -1.98. The van der Waals surface area contributed by atoms with Gasteiger partial charge in [-0.05, 0) is 66.1 Å². The van der Waals surface area contributed by atoms with Crippen molar-refractivity contribution in [3.63, 3.8) is 0 Å². The molecule has 31 heavy (non-hydrogen) atoms. The predicted molar refractivity (Wildman–Crippen MR) is 118 cm³/mol. The van der Waals surface area contributed by atoms with Crippen LogP contribution in [0.3, 0.4) is 0 Å². The number of carboxylic acids is 1. The largest absolute Gasteiger partial charge is 0.489 e.